The van der Waals surface area contributed by atoms with Gasteiger partial charge in [-0.2, -0.15) is 0 Å². The molecule has 0 bridgehead atoms. The minimum atomic E-state index is -0.0184. The minimum Gasteiger partial charge on any atom is -0.493 e. The number of ether oxygens (including phenoxy) is 1. The predicted molar refractivity (Wildman–Crippen MR) is 139 cm³/mol. The molecule has 3 aromatic carbocycles. The Balaban J connectivity index is 1.35. The van der Waals surface area contributed by atoms with Crippen LogP contribution >= 0.6 is 11.3 Å². The summed E-state index contributed by atoms with van der Waals surface area (Å²) in [7, 11) is 0. The van der Waals surface area contributed by atoms with Gasteiger partial charge >= 0.3 is 0 Å². The number of para-hydroxylation sites is 4. The molecule has 0 saturated carbocycles. The Kier molecular flexibility index (Phi) is 5.15. The van der Waals surface area contributed by atoms with E-state index in [1.807, 2.05) is 66.7 Å². The molecule has 6 rings (SSSR count). The summed E-state index contributed by atoms with van der Waals surface area (Å²) in [6.45, 7) is 3.65. The summed E-state index contributed by atoms with van der Waals surface area (Å²) in [5.41, 5.74) is 3.88. The van der Waals surface area contributed by atoms with Crippen molar-refractivity contribution in [3.8, 4) is 5.75 Å². The Hall–Kier alpha value is -3.90. The van der Waals surface area contributed by atoms with E-state index in [1.165, 1.54) is 11.3 Å². The van der Waals surface area contributed by atoms with E-state index >= 15 is 0 Å². The van der Waals surface area contributed by atoms with Crippen LogP contribution in [0, 0.1) is 5.92 Å². The van der Waals surface area contributed by atoms with Gasteiger partial charge in [0.25, 0.3) is 5.56 Å². The zero-order valence-corrected chi connectivity index (χ0v) is 19.5. The zero-order valence-electron chi connectivity index (χ0n) is 18.7. The third-order valence-corrected chi connectivity index (χ3v) is 7.01. The van der Waals surface area contributed by atoms with Crippen molar-refractivity contribution in [3.05, 3.63) is 106 Å². The van der Waals surface area contributed by atoms with Crippen LogP contribution in [0.25, 0.3) is 33.0 Å². The SMILES string of the molecule is CC(COc1ccccc1)Cn1cc(/C=c2\sc3nc4ccccc4n3c2=O)c2ccccc21. The number of nitrogens with zero attached hydrogens (tertiary/aromatic N) is 3. The Labute approximate surface area is 200 Å². The molecule has 1 atom stereocenters. The third-order valence-electron chi connectivity index (χ3n) is 6.04. The van der Waals surface area contributed by atoms with Crippen molar-refractivity contribution < 1.29 is 4.74 Å². The second-order valence-corrected chi connectivity index (χ2v) is 9.63. The van der Waals surface area contributed by atoms with Crippen molar-refractivity contribution in [1.82, 2.24) is 14.0 Å². The van der Waals surface area contributed by atoms with Crippen molar-refractivity contribution in [2.45, 2.75) is 13.5 Å². The average molecular weight is 466 g/mol. The first kappa shape index (κ1) is 20.7. The highest BCUT2D eigenvalue weighted by Gasteiger charge is 2.13. The predicted octanol–water partition coefficient (Wildman–Crippen LogP) is 5.13. The molecule has 0 radical (unpaired) electrons. The van der Waals surface area contributed by atoms with Gasteiger partial charge in [-0.05, 0) is 36.4 Å². The molecule has 0 aliphatic rings. The molecule has 0 amide bonds. The number of aromatic nitrogens is 3. The maximum atomic E-state index is 13.2. The van der Waals surface area contributed by atoms with Crippen LogP contribution in [0.3, 0.4) is 0 Å². The number of thiazole rings is 1. The topological polar surface area (TPSA) is 48.5 Å². The summed E-state index contributed by atoms with van der Waals surface area (Å²) >= 11 is 1.44. The van der Waals surface area contributed by atoms with Gasteiger partial charge in [-0.15, -0.1) is 0 Å². The first-order chi connectivity index (χ1) is 16.7. The van der Waals surface area contributed by atoms with Crippen LogP contribution in [0.2, 0.25) is 0 Å². The monoisotopic (exact) mass is 465 g/mol. The standard InChI is InChI=1S/C28H23N3O2S/c1-19(18-33-21-9-3-2-4-10-21)16-30-17-20(22-11-5-7-13-24(22)30)15-26-27(32)31-25-14-8-6-12-23(25)29-28(31)34-26/h2-15,17,19H,16,18H2,1H3/b26-15-. The maximum Gasteiger partial charge on any atom is 0.274 e. The minimum absolute atomic E-state index is 0.0184. The summed E-state index contributed by atoms with van der Waals surface area (Å²) in [4.78, 5) is 18.6. The van der Waals surface area contributed by atoms with Gasteiger partial charge in [0, 0.05) is 35.1 Å². The van der Waals surface area contributed by atoms with Crippen molar-refractivity contribution in [2.75, 3.05) is 6.61 Å². The molecule has 0 saturated heterocycles. The van der Waals surface area contributed by atoms with Crippen LogP contribution in [0.4, 0.5) is 0 Å². The fraction of sp³-hybridized carbons (Fsp3) is 0.143. The number of fused-ring (bicyclic) bond motifs is 4. The van der Waals surface area contributed by atoms with Crippen LogP contribution in [-0.4, -0.2) is 20.6 Å². The molecule has 6 aromatic rings. The lowest BCUT2D eigenvalue weighted by Crippen LogP contribution is -2.22. The normalized spacial score (nSPS) is 13.3. The molecule has 168 valence electrons. The molecular formula is C28H23N3O2S. The number of hydrogen-bond acceptors (Lipinski definition) is 4. The Morgan fingerprint density at radius 2 is 1.71 bits per heavy atom. The highest BCUT2D eigenvalue weighted by atomic mass is 32.1. The summed E-state index contributed by atoms with van der Waals surface area (Å²) in [5, 5.41) is 1.13. The lowest BCUT2D eigenvalue weighted by Gasteiger charge is -2.14. The van der Waals surface area contributed by atoms with E-state index in [0.29, 0.717) is 17.1 Å². The highest BCUT2D eigenvalue weighted by molar-refractivity contribution is 7.15. The quantitative estimate of drug-likeness (QED) is 0.343. The summed E-state index contributed by atoms with van der Waals surface area (Å²) < 4.78 is 10.6. The molecule has 6 heteroatoms. The number of rotatable bonds is 6. The van der Waals surface area contributed by atoms with Crippen LogP contribution in [0.15, 0.2) is 89.9 Å². The van der Waals surface area contributed by atoms with Crippen LogP contribution < -0.4 is 14.8 Å². The van der Waals surface area contributed by atoms with E-state index in [4.69, 9.17) is 4.74 Å². The van der Waals surface area contributed by atoms with Gasteiger partial charge in [-0.1, -0.05) is 66.8 Å². The molecule has 3 aromatic heterocycles. The van der Waals surface area contributed by atoms with E-state index in [2.05, 4.69) is 40.9 Å². The molecule has 0 spiro atoms. The number of hydrogen-bond donors (Lipinski definition) is 0. The van der Waals surface area contributed by atoms with Gasteiger partial charge in [-0.25, -0.2) is 9.38 Å². The van der Waals surface area contributed by atoms with Crippen LogP contribution in [-0.2, 0) is 6.54 Å². The molecule has 0 fully saturated rings. The number of benzene rings is 3. The molecule has 1 unspecified atom stereocenters. The largest absolute Gasteiger partial charge is 0.493 e. The van der Waals surface area contributed by atoms with Gasteiger partial charge in [0.15, 0.2) is 4.96 Å². The van der Waals surface area contributed by atoms with Gasteiger partial charge in [0.2, 0.25) is 0 Å². The smallest absolute Gasteiger partial charge is 0.274 e. The average Bonchev–Trinajstić information content (AvgIpc) is 3.50. The maximum absolute atomic E-state index is 13.2. The Bertz CT molecular complexity index is 1730. The molecule has 34 heavy (non-hydrogen) atoms. The molecule has 0 aliphatic heterocycles. The van der Waals surface area contributed by atoms with E-state index in [1.54, 1.807) is 4.40 Å². The van der Waals surface area contributed by atoms with E-state index < -0.39 is 0 Å². The van der Waals surface area contributed by atoms with Gasteiger partial charge in [0.1, 0.15) is 5.75 Å². The zero-order chi connectivity index (χ0) is 23.1. The van der Waals surface area contributed by atoms with Crippen molar-refractivity contribution in [2.24, 2.45) is 5.92 Å². The molecule has 5 nitrogen and oxygen atoms in total. The summed E-state index contributed by atoms with van der Waals surface area (Å²) in [6, 6.07) is 26.0. The van der Waals surface area contributed by atoms with Crippen molar-refractivity contribution >= 4 is 44.3 Å². The molecular weight excluding hydrogens is 442 g/mol. The first-order valence-electron chi connectivity index (χ1n) is 11.3. The van der Waals surface area contributed by atoms with Gasteiger partial charge < -0.3 is 9.30 Å². The van der Waals surface area contributed by atoms with Crippen molar-refractivity contribution in [3.63, 3.8) is 0 Å². The second kappa shape index (κ2) is 8.47. The van der Waals surface area contributed by atoms with Crippen LogP contribution in [0.5, 0.6) is 5.75 Å². The first-order valence-corrected chi connectivity index (χ1v) is 12.2. The molecule has 0 aliphatic carbocycles. The molecule has 0 N–H and O–H groups in total. The summed E-state index contributed by atoms with van der Waals surface area (Å²) in [5.74, 6) is 1.20. The fourth-order valence-corrected chi connectivity index (χ4v) is 5.42. The second-order valence-electron chi connectivity index (χ2n) is 8.62. The van der Waals surface area contributed by atoms with Gasteiger partial charge in [-0.3, -0.25) is 4.79 Å². The summed E-state index contributed by atoms with van der Waals surface area (Å²) in [6.07, 6.45) is 4.14. The lowest BCUT2D eigenvalue weighted by atomic mass is 10.1. The van der Waals surface area contributed by atoms with Gasteiger partial charge in [0.05, 0.1) is 22.2 Å². The Morgan fingerprint density at radius 1 is 0.971 bits per heavy atom. The van der Waals surface area contributed by atoms with E-state index in [0.717, 1.165) is 44.8 Å². The highest BCUT2D eigenvalue weighted by Crippen LogP contribution is 2.24. The van der Waals surface area contributed by atoms with E-state index in [-0.39, 0.29) is 5.56 Å². The van der Waals surface area contributed by atoms with Crippen LogP contribution in [0.1, 0.15) is 12.5 Å². The molecule has 3 heterocycles. The van der Waals surface area contributed by atoms with E-state index in [9.17, 15) is 4.79 Å². The number of imidazole rings is 1. The lowest BCUT2D eigenvalue weighted by molar-refractivity contribution is 0.245. The Morgan fingerprint density at radius 3 is 2.56 bits per heavy atom. The third kappa shape index (κ3) is 3.66. The fourth-order valence-electron chi connectivity index (χ4n) is 4.44. The van der Waals surface area contributed by atoms with Crippen molar-refractivity contribution in [1.29, 1.82) is 0 Å².